The summed E-state index contributed by atoms with van der Waals surface area (Å²) in [5.74, 6) is 1.32. The first kappa shape index (κ1) is 23.6. The topological polar surface area (TPSA) is 61.9 Å². The molecule has 0 radical (unpaired) electrons. The average Bonchev–Trinajstić information content (AvgIpc) is 2.82. The molecular formula is C25H39N3O3. The molecule has 2 aliphatic rings. The van der Waals surface area contributed by atoms with Crippen LogP contribution in [0.4, 0.5) is 5.69 Å². The molecule has 1 aromatic carbocycles. The zero-order valence-electron chi connectivity index (χ0n) is 19.3. The van der Waals surface area contributed by atoms with Crippen molar-refractivity contribution in [2.24, 2.45) is 5.92 Å². The summed E-state index contributed by atoms with van der Waals surface area (Å²) in [5.41, 5.74) is 0.819. The number of ether oxygens (including phenoxy) is 1. The number of nitrogens with one attached hydrogen (secondary N) is 1. The summed E-state index contributed by atoms with van der Waals surface area (Å²) in [6, 6.07) is 8.03. The molecule has 2 fully saturated rings. The third-order valence-electron chi connectivity index (χ3n) is 6.84. The number of carbonyl (C=O) groups is 2. The van der Waals surface area contributed by atoms with E-state index < -0.39 is 0 Å². The molecule has 0 aliphatic carbocycles. The van der Waals surface area contributed by atoms with Gasteiger partial charge in [0, 0.05) is 37.2 Å². The maximum atomic E-state index is 12.6. The van der Waals surface area contributed by atoms with Gasteiger partial charge in [-0.05, 0) is 69.5 Å². The summed E-state index contributed by atoms with van der Waals surface area (Å²) in [7, 11) is 1.64. The molecule has 0 unspecified atom stereocenters. The van der Waals surface area contributed by atoms with E-state index in [9.17, 15) is 9.59 Å². The molecule has 0 aromatic heterocycles. The van der Waals surface area contributed by atoms with Crippen molar-refractivity contribution in [1.82, 2.24) is 9.80 Å². The van der Waals surface area contributed by atoms with E-state index >= 15 is 0 Å². The van der Waals surface area contributed by atoms with Crippen molar-refractivity contribution in [3.8, 4) is 5.75 Å². The van der Waals surface area contributed by atoms with Gasteiger partial charge in [0.15, 0.2) is 0 Å². The Kier molecular flexibility index (Phi) is 9.19. The van der Waals surface area contributed by atoms with Crippen LogP contribution in [0.2, 0.25) is 0 Å². The average molecular weight is 430 g/mol. The molecule has 6 heteroatoms. The number of likely N-dealkylation sites (tertiary alicyclic amines) is 2. The molecule has 0 spiro atoms. The van der Waals surface area contributed by atoms with Gasteiger partial charge < -0.3 is 19.9 Å². The van der Waals surface area contributed by atoms with Gasteiger partial charge in [-0.2, -0.15) is 0 Å². The van der Waals surface area contributed by atoms with Crippen LogP contribution in [0.1, 0.15) is 64.7 Å². The minimum atomic E-state index is 0.0724. The maximum absolute atomic E-state index is 12.6. The molecule has 1 aromatic rings. The zero-order chi connectivity index (χ0) is 22.1. The van der Waals surface area contributed by atoms with Crippen LogP contribution >= 0.6 is 0 Å². The fraction of sp³-hybridized carbons (Fsp3) is 0.680. The van der Waals surface area contributed by atoms with E-state index in [1.54, 1.807) is 7.11 Å². The number of carbonyl (C=O) groups excluding carboxylic acids is 2. The molecule has 31 heavy (non-hydrogen) atoms. The highest BCUT2D eigenvalue weighted by atomic mass is 16.5. The van der Waals surface area contributed by atoms with E-state index in [0.717, 1.165) is 69.7 Å². The zero-order valence-corrected chi connectivity index (χ0v) is 19.3. The fourth-order valence-electron chi connectivity index (χ4n) is 4.79. The Balaban J connectivity index is 1.36. The number of unbranched alkanes of at least 4 members (excludes halogenated alkanes) is 3. The van der Waals surface area contributed by atoms with Crippen molar-refractivity contribution >= 4 is 17.5 Å². The molecule has 172 valence electrons. The number of amides is 2. The molecule has 2 heterocycles. The normalized spacial score (nSPS) is 18.7. The van der Waals surface area contributed by atoms with Gasteiger partial charge in [-0.25, -0.2) is 0 Å². The number of piperidine rings is 2. The number of hydrogen-bond donors (Lipinski definition) is 1. The van der Waals surface area contributed by atoms with Gasteiger partial charge in [-0.3, -0.25) is 9.59 Å². The van der Waals surface area contributed by atoms with Crippen molar-refractivity contribution in [3.05, 3.63) is 24.3 Å². The second-order valence-electron chi connectivity index (χ2n) is 8.95. The molecule has 0 bridgehead atoms. The predicted molar refractivity (Wildman–Crippen MR) is 124 cm³/mol. The summed E-state index contributed by atoms with van der Waals surface area (Å²) in [5, 5.41) is 3.04. The first-order chi connectivity index (χ1) is 15.1. The minimum absolute atomic E-state index is 0.0724. The SMILES string of the molecule is CCCCCCC(=O)N1CCC(N2CCC(C(=O)Nc3ccc(OC)cc3)CC2)CC1. The van der Waals surface area contributed by atoms with Crippen LogP contribution < -0.4 is 10.1 Å². The lowest BCUT2D eigenvalue weighted by atomic mass is 9.92. The van der Waals surface area contributed by atoms with Gasteiger partial charge in [0.25, 0.3) is 0 Å². The van der Waals surface area contributed by atoms with Gasteiger partial charge in [-0.1, -0.05) is 26.2 Å². The third kappa shape index (κ3) is 6.96. The highest BCUT2D eigenvalue weighted by molar-refractivity contribution is 5.92. The summed E-state index contributed by atoms with van der Waals surface area (Å²) < 4.78 is 5.17. The van der Waals surface area contributed by atoms with Gasteiger partial charge in [-0.15, -0.1) is 0 Å². The van der Waals surface area contributed by atoms with Crippen LogP contribution in [0.15, 0.2) is 24.3 Å². The summed E-state index contributed by atoms with van der Waals surface area (Å²) in [6.07, 6.45) is 9.25. The maximum Gasteiger partial charge on any atom is 0.227 e. The lowest BCUT2D eigenvalue weighted by Gasteiger charge is -2.41. The number of benzene rings is 1. The van der Waals surface area contributed by atoms with Crippen LogP contribution in [-0.2, 0) is 9.59 Å². The Morgan fingerprint density at radius 3 is 2.26 bits per heavy atom. The molecule has 0 atom stereocenters. The van der Waals surface area contributed by atoms with Crippen LogP contribution in [-0.4, -0.2) is 60.9 Å². The fourth-order valence-corrected chi connectivity index (χ4v) is 4.79. The molecule has 2 saturated heterocycles. The van der Waals surface area contributed by atoms with E-state index in [1.165, 1.54) is 19.3 Å². The van der Waals surface area contributed by atoms with E-state index in [-0.39, 0.29) is 11.8 Å². The number of hydrogen-bond acceptors (Lipinski definition) is 4. The van der Waals surface area contributed by atoms with E-state index in [1.807, 2.05) is 24.3 Å². The van der Waals surface area contributed by atoms with Gasteiger partial charge in [0.2, 0.25) is 11.8 Å². The Bertz CT molecular complexity index is 690. The summed E-state index contributed by atoms with van der Waals surface area (Å²) >= 11 is 0. The second-order valence-corrected chi connectivity index (χ2v) is 8.95. The van der Waals surface area contributed by atoms with E-state index in [0.29, 0.717) is 18.4 Å². The van der Waals surface area contributed by atoms with Crippen LogP contribution in [0, 0.1) is 5.92 Å². The molecular weight excluding hydrogens is 390 g/mol. The molecule has 2 aliphatic heterocycles. The first-order valence-corrected chi connectivity index (χ1v) is 12.1. The lowest BCUT2D eigenvalue weighted by Crippen LogP contribution is -2.49. The Morgan fingerprint density at radius 1 is 0.968 bits per heavy atom. The third-order valence-corrected chi connectivity index (χ3v) is 6.84. The lowest BCUT2D eigenvalue weighted by molar-refractivity contribution is -0.133. The van der Waals surface area contributed by atoms with Crippen LogP contribution in [0.5, 0.6) is 5.75 Å². The number of rotatable bonds is 9. The standard InChI is InChI=1S/C25H39N3O3/c1-3-4-5-6-7-24(29)28-18-14-22(15-19-28)27-16-12-20(13-17-27)25(30)26-21-8-10-23(31-2)11-9-21/h8-11,20,22H,3-7,12-19H2,1-2H3,(H,26,30). The molecule has 1 N–H and O–H groups in total. The van der Waals surface area contributed by atoms with Crippen molar-refractivity contribution in [2.75, 3.05) is 38.6 Å². The highest BCUT2D eigenvalue weighted by Crippen LogP contribution is 2.26. The molecule has 6 nitrogen and oxygen atoms in total. The molecule has 2 amide bonds. The van der Waals surface area contributed by atoms with Crippen molar-refractivity contribution in [2.45, 2.75) is 70.8 Å². The monoisotopic (exact) mass is 429 g/mol. The smallest absolute Gasteiger partial charge is 0.227 e. The summed E-state index contributed by atoms with van der Waals surface area (Å²) in [4.78, 5) is 29.7. The molecule has 0 saturated carbocycles. The predicted octanol–water partition coefficient (Wildman–Crippen LogP) is 4.31. The highest BCUT2D eigenvalue weighted by Gasteiger charge is 2.31. The Hall–Kier alpha value is -2.08. The van der Waals surface area contributed by atoms with E-state index in [4.69, 9.17) is 4.74 Å². The van der Waals surface area contributed by atoms with Crippen LogP contribution in [0.3, 0.4) is 0 Å². The van der Waals surface area contributed by atoms with Crippen molar-refractivity contribution < 1.29 is 14.3 Å². The summed E-state index contributed by atoms with van der Waals surface area (Å²) in [6.45, 7) is 5.90. The number of nitrogens with zero attached hydrogens (tertiary/aromatic N) is 2. The van der Waals surface area contributed by atoms with Gasteiger partial charge in [0.1, 0.15) is 5.75 Å². The Morgan fingerprint density at radius 2 is 1.65 bits per heavy atom. The minimum Gasteiger partial charge on any atom is -0.497 e. The molecule has 3 rings (SSSR count). The number of methoxy groups -OCH3 is 1. The number of anilines is 1. The van der Waals surface area contributed by atoms with Crippen LogP contribution in [0.25, 0.3) is 0 Å². The van der Waals surface area contributed by atoms with Gasteiger partial charge in [0.05, 0.1) is 7.11 Å². The van der Waals surface area contributed by atoms with Gasteiger partial charge >= 0.3 is 0 Å². The Labute approximate surface area is 187 Å². The van der Waals surface area contributed by atoms with E-state index in [2.05, 4.69) is 22.0 Å². The quantitative estimate of drug-likeness (QED) is 0.594. The van der Waals surface area contributed by atoms with Crippen molar-refractivity contribution in [1.29, 1.82) is 0 Å². The van der Waals surface area contributed by atoms with Crippen molar-refractivity contribution in [3.63, 3.8) is 0 Å². The second kappa shape index (κ2) is 12.1. The first-order valence-electron chi connectivity index (χ1n) is 12.1. The largest absolute Gasteiger partial charge is 0.497 e.